The molecule has 0 unspecified atom stereocenters. The van der Waals surface area contributed by atoms with Crippen LogP contribution >= 0.6 is 0 Å². The van der Waals surface area contributed by atoms with Crippen molar-refractivity contribution in [1.82, 2.24) is 4.90 Å². The van der Waals surface area contributed by atoms with Crippen LogP contribution in [0.25, 0.3) is 0 Å². The molecule has 1 aliphatic heterocycles. The molecule has 4 heteroatoms. The highest BCUT2D eigenvalue weighted by atomic mass is 19.1. The van der Waals surface area contributed by atoms with E-state index in [1.807, 2.05) is 12.1 Å². The zero-order chi connectivity index (χ0) is 14.0. The topological polar surface area (TPSA) is 38.5 Å². The average molecular weight is 278 g/mol. The molecule has 3 nitrogen and oxygen atoms in total. The minimum Gasteiger partial charge on any atom is -0.379 e. The highest BCUT2D eigenvalue weighted by Gasteiger charge is 2.31. The molecule has 2 fully saturated rings. The molecule has 0 amide bonds. The third kappa shape index (κ3) is 2.87. The third-order valence-corrected chi connectivity index (χ3v) is 4.62. The SMILES string of the molecule is NC1(c2ccc(CN3CCOCC3)c(F)c2)CCCC1. The van der Waals surface area contributed by atoms with Gasteiger partial charge in [0, 0.05) is 30.7 Å². The van der Waals surface area contributed by atoms with Crippen molar-refractivity contribution in [2.24, 2.45) is 5.73 Å². The molecule has 2 aliphatic rings. The predicted octanol–water partition coefficient (Wildman–Crippen LogP) is 2.39. The maximum Gasteiger partial charge on any atom is 0.128 e. The summed E-state index contributed by atoms with van der Waals surface area (Å²) in [5.74, 6) is -0.120. The van der Waals surface area contributed by atoms with Gasteiger partial charge < -0.3 is 10.5 Å². The number of nitrogens with two attached hydrogens (primary N) is 1. The molecule has 0 bridgehead atoms. The number of hydrogen-bond donors (Lipinski definition) is 1. The van der Waals surface area contributed by atoms with E-state index in [0.717, 1.165) is 63.1 Å². The molecule has 110 valence electrons. The number of rotatable bonds is 3. The first kappa shape index (κ1) is 14.0. The Bertz CT molecular complexity index is 466. The van der Waals surface area contributed by atoms with Crippen LogP contribution in [0.1, 0.15) is 36.8 Å². The molecule has 1 saturated heterocycles. The fourth-order valence-corrected chi connectivity index (χ4v) is 3.28. The van der Waals surface area contributed by atoms with Crippen molar-refractivity contribution in [3.8, 4) is 0 Å². The zero-order valence-corrected chi connectivity index (χ0v) is 11.9. The van der Waals surface area contributed by atoms with Crippen molar-refractivity contribution >= 4 is 0 Å². The fraction of sp³-hybridized carbons (Fsp3) is 0.625. The Hall–Kier alpha value is -0.970. The molecule has 0 aromatic heterocycles. The van der Waals surface area contributed by atoms with Gasteiger partial charge in [-0.2, -0.15) is 0 Å². The normalized spacial score (nSPS) is 23.1. The van der Waals surface area contributed by atoms with Crippen LogP contribution in [0.5, 0.6) is 0 Å². The van der Waals surface area contributed by atoms with Crippen molar-refractivity contribution in [3.05, 3.63) is 35.1 Å². The Labute approximate surface area is 119 Å². The Balaban J connectivity index is 1.73. The van der Waals surface area contributed by atoms with Crippen LogP contribution in [-0.4, -0.2) is 31.2 Å². The number of benzene rings is 1. The van der Waals surface area contributed by atoms with Gasteiger partial charge in [-0.1, -0.05) is 25.0 Å². The monoisotopic (exact) mass is 278 g/mol. The van der Waals surface area contributed by atoms with Crippen molar-refractivity contribution in [2.75, 3.05) is 26.3 Å². The van der Waals surface area contributed by atoms with E-state index in [0.29, 0.717) is 6.54 Å². The second-order valence-electron chi connectivity index (χ2n) is 6.06. The lowest BCUT2D eigenvalue weighted by atomic mass is 9.88. The summed E-state index contributed by atoms with van der Waals surface area (Å²) in [6, 6.07) is 5.58. The Morgan fingerprint density at radius 2 is 1.90 bits per heavy atom. The highest BCUT2D eigenvalue weighted by molar-refractivity contribution is 5.30. The van der Waals surface area contributed by atoms with Crippen molar-refractivity contribution in [1.29, 1.82) is 0 Å². The number of nitrogens with zero attached hydrogens (tertiary/aromatic N) is 1. The van der Waals surface area contributed by atoms with Gasteiger partial charge in [-0.3, -0.25) is 4.90 Å². The zero-order valence-electron chi connectivity index (χ0n) is 11.9. The summed E-state index contributed by atoms with van der Waals surface area (Å²) >= 11 is 0. The highest BCUT2D eigenvalue weighted by Crippen LogP contribution is 2.36. The molecule has 0 spiro atoms. The smallest absolute Gasteiger partial charge is 0.128 e. The lowest BCUT2D eigenvalue weighted by Crippen LogP contribution is -2.36. The van der Waals surface area contributed by atoms with Gasteiger partial charge in [0.15, 0.2) is 0 Å². The van der Waals surface area contributed by atoms with E-state index in [1.165, 1.54) is 0 Å². The predicted molar refractivity (Wildman–Crippen MR) is 76.8 cm³/mol. The maximum atomic E-state index is 14.3. The molecule has 1 saturated carbocycles. The number of halogens is 1. The first-order valence-electron chi connectivity index (χ1n) is 7.55. The van der Waals surface area contributed by atoms with E-state index in [1.54, 1.807) is 6.07 Å². The van der Waals surface area contributed by atoms with Crippen molar-refractivity contribution in [2.45, 2.75) is 37.8 Å². The second-order valence-corrected chi connectivity index (χ2v) is 6.06. The number of hydrogen-bond acceptors (Lipinski definition) is 3. The molecule has 0 radical (unpaired) electrons. The largest absolute Gasteiger partial charge is 0.379 e. The Morgan fingerprint density at radius 3 is 2.55 bits per heavy atom. The first-order chi connectivity index (χ1) is 9.67. The van der Waals surface area contributed by atoms with Gasteiger partial charge >= 0.3 is 0 Å². The van der Waals surface area contributed by atoms with Crippen molar-refractivity contribution in [3.63, 3.8) is 0 Å². The second kappa shape index (κ2) is 5.80. The van der Waals surface area contributed by atoms with Crippen LogP contribution in [-0.2, 0) is 16.8 Å². The van der Waals surface area contributed by atoms with Crippen LogP contribution in [0, 0.1) is 5.82 Å². The molecular formula is C16H23FN2O. The van der Waals surface area contributed by atoms with Crippen LogP contribution in [0.2, 0.25) is 0 Å². The quantitative estimate of drug-likeness (QED) is 0.922. The van der Waals surface area contributed by atoms with Gasteiger partial charge in [0.1, 0.15) is 5.82 Å². The molecular weight excluding hydrogens is 255 g/mol. The molecule has 2 N–H and O–H groups in total. The molecule has 0 atom stereocenters. The van der Waals surface area contributed by atoms with Crippen LogP contribution in [0.15, 0.2) is 18.2 Å². The van der Waals surface area contributed by atoms with Gasteiger partial charge in [0.2, 0.25) is 0 Å². The average Bonchev–Trinajstić information content (AvgIpc) is 2.90. The minimum atomic E-state index is -0.307. The van der Waals surface area contributed by atoms with E-state index in [9.17, 15) is 4.39 Å². The summed E-state index contributed by atoms with van der Waals surface area (Å²) in [5, 5.41) is 0. The van der Waals surface area contributed by atoms with E-state index in [4.69, 9.17) is 10.5 Å². The Kier molecular flexibility index (Phi) is 4.06. The standard InChI is InChI=1S/C16H23FN2O/c17-15-11-14(16(18)5-1-2-6-16)4-3-13(15)12-19-7-9-20-10-8-19/h3-4,11H,1-2,5-10,12,18H2. The number of ether oxygens (including phenoxy) is 1. The van der Waals surface area contributed by atoms with E-state index in [-0.39, 0.29) is 11.4 Å². The molecule has 1 heterocycles. The lowest BCUT2D eigenvalue weighted by Gasteiger charge is -2.28. The third-order valence-electron chi connectivity index (χ3n) is 4.62. The van der Waals surface area contributed by atoms with Gasteiger partial charge in [-0.05, 0) is 24.5 Å². The summed E-state index contributed by atoms with van der Waals surface area (Å²) in [6.07, 6.45) is 4.23. The van der Waals surface area contributed by atoms with Crippen LogP contribution < -0.4 is 5.73 Å². The van der Waals surface area contributed by atoms with Crippen molar-refractivity contribution < 1.29 is 9.13 Å². The van der Waals surface area contributed by atoms with Gasteiger partial charge in [-0.25, -0.2) is 4.39 Å². The lowest BCUT2D eigenvalue weighted by molar-refractivity contribution is 0.0337. The van der Waals surface area contributed by atoms with Crippen LogP contribution in [0.4, 0.5) is 4.39 Å². The molecule has 1 aromatic carbocycles. The molecule has 20 heavy (non-hydrogen) atoms. The summed E-state index contributed by atoms with van der Waals surface area (Å²) in [7, 11) is 0. The molecule has 1 aliphatic carbocycles. The molecule has 3 rings (SSSR count). The van der Waals surface area contributed by atoms with Crippen LogP contribution in [0.3, 0.4) is 0 Å². The van der Waals surface area contributed by atoms with Gasteiger partial charge in [0.25, 0.3) is 0 Å². The van der Waals surface area contributed by atoms with Gasteiger partial charge in [-0.15, -0.1) is 0 Å². The first-order valence-corrected chi connectivity index (χ1v) is 7.55. The van der Waals surface area contributed by atoms with Gasteiger partial charge in [0.05, 0.1) is 13.2 Å². The maximum absolute atomic E-state index is 14.3. The number of morpholine rings is 1. The summed E-state index contributed by atoms with van der Waals surface area (Å²) in [6.45, 7) is 3.90. The molecule has 1 aromatic rings. The minimum absolute atomic E-state index is 0.120. The van der Waals surface area contributed by atoms with E-state index >= 15 is 0 Å². The Morgan fingerprint density at radius 1 is 1.20 bits per heavy atom. The fourth-order valence-electron chi connectivity index (χ4n) is 3.28. The van der Waals surface area contributed by atoms with E-state index in [2.05, 4.69) is 4.90 Å². The van der Waals surface area contributed by atoms with E-state index < -0.39 is 0 Å². The summed E-state index contributed by atoms with van der Waals surface area (Å²) < 4.78 is 19.6. The summed E-state index contributed by atoms with van der Waals surface area (Å²) in [4.78, 5) is 2.23. The summed E-state index contributed by atoms with van der Waals surface area (Å²) in [5.41, 5.74) is 7.80.